The summed E-state index contributed by atoms with van der Waals surface area (Å²) in [4.78, 5) is 20.7. The van der Waals surface area contributed by atoms with Crippen LogP contribution in [0.3, 0.4) is 0 Å². The first-order valence-electron chi connectivity index (χ1n) is 13.4. The molecule has 2 heterocycles. The molecule has 3 aromatic carbocycles. The number of hydrogen-bond donors (Lipinski definition) is 1. The highest BCUT2D eigenvalue weighted by molar-refractivity contribution is 5.86. The predicted molar refractivity (Wildman–Crippen MR) is 150 cm³/mol. The molecular formula is C32H34F3N3O. The minimum Gasteiger partial charge on any atom is -0.368 e. The minimum atomic E-state index is -4.38. The summed E-state index contributed by atoms with van der Waals surface area (Å²) in [6, 6.07) is 22.1. The summed E-state index contributed by atoms with van der Waals surface area (Å²) < 4.78 is 39.6. The summed E-state index contributed by atoms with van der Waals surface area (Å²) in [7, 11) is 0. The number of alkyl halides is 3. The molecule has 4 aromatic rings. The first-order valence-corrected chi connectivity index (χ1v) is 13.4. The number of nitrogens with one attached hydrogen (secondary N) is 1. The zero-order valence-electron chi connectivity index (χ0n) is 22.6. The second-order valence-electron chi connectivity index (χ2n) is 11.3. The van der Waals surface area contributed by atoms with Gasteiger partial charge in [-0.05, 0) is 46.4 Å². The van der Waals surface area contributed by atoms with Gasteiger partial charge >= 0.3 is 6.18 Å². The lowest BCUT2D eigenvalue weighted by molar-refractivity contribution is -0.137. The van der Waals surface area contributed by atoms with Crippen molar-refractivity contribution in [1.82, 2.24) is 9.88 Å². The maximum absolute atomic E-state index is 13.6. The van der Waals surface area contributed by atoms with Gasteiger partial charge in [-0.2, -0.15) is 13.2 Å². The van der Waals surface area contributed by atoms with E-state index in [-0.39, 0.29) is 17.2 Å². The third kappa shape index (κ3) is 5.82. The van der Waals surface area contributed by atoms with E-state index in [1.807, 2.05) is 34.2 Å². The van der Waals surface area contributed by atoms with E-state index in [0.717, 1.165) is 28.1 Å². The zero-order valence-corrected chi connectivity index (χ0v) is 22.6. The Bertz CT molecular complexity index is 1440. The molecule has 0 radical (unpaired) electrons. The van der Waals surface area contributed by atoms with Crippen LogP contribution in [-0.4, -0.2) is 42.0 Å². The molecule has 0 bridgehead atoms. The van der Waals surface area contributed by atoms with Crippen LogP contribution < -0.4 is 4.90 Å². The van der Waals surface area contributed by atoms with E-state index < -0.39 is 11.7 Å². The Morgan fingerprint density at radius 3 is 2.23 bits per heavy atom. The van der Waals surface area contributed by atoms with Crippen molar-refractivity contribution < 1.29 is 18.0 Å². The van der Waals surface area contributed by atoms with Crippen LogP contribution in [0.4, 0.5) is 18.9 Å². The fourth-order valence-corrected chi connectivity index (χ4v) is 5.40. The van der Waals surface area contributed by atoms with Crippen molar-refractivity contribution in [2.75, 3.05) is 31.1 Å². The first-order chi connectivity index (χ1) is 18.5. The molecule has 0 aliphatic carbocycles. The van der Waals surface area contributed by atoms with E-state index in [4.69, 9.17) is 0 Å². The van der Waals surface area contributed by atoms with Crippen LogP contribution in [0, 0.1) is 0 Å². The average Bonchev–Trinajstić information content (AvgIpc) is 3.35. The van der Waals surface area contributed by atoms with Crippen molar-refractivity contribution in [2.24, 2.45) is 0 Å². The van der Waals surface area contributed by atoms with E-state index in [1.165, 1.54) is 17.7 Å². The second kappa shape index (κ2) is 10.4. The minimum absolute atomic E-state index is 0.0317. The predicted octanol–water partition coefficient (Wildman–Crippen LogP) is 7.36. The molecule has 0 spiro atoms. The Morgan fingerprint density at radius 2 is 1.56 bits per heavy atom. The highest BCUT2D eigenvalue weighted by Crippen LogP contribution is 2.36. The third-order valence-corrected chi connectivity index (χ3v) is 7.73. The monoisotopic (exact) mass is 533 g/mol. The van der Waals surface area contributed by atoms with Gasteiger partial charge in [0.1, 0.15) is 0 Å². The summed E-state index contributed by atoms with van der Waals surface area (Å²) in [6.45, 7) is 8.47. The maximum atomic E-state index is 13.6. The Kier molecular flexibility index (Phi) is 7.19. The summed E-state index contributed by atoms with van der Waals surface area (Å²) in [5.41, 5.74) is 4.36. The standard InChI is InChI=1S/C32H34F3N3O/c1-31(2,3)23-13-11-22(12-14-23)27(28-21-36-29-10-5-4-9-26(28)29)20-30(39)38-17-15-37(16-18-38)25-8-6-7-24(19-25)32(33,34)35/h4-14,19,21,27,36H,15-18,20H2,1-3H3. The summed E-state index contributed by atoms with van der Waals surface area (Å²) >= 11 is 0. The van der Waals surface area contributed by atoms with Gasteiger partial charge in [0, 0.05) is 61.3 Å². The van der Waals surface area contributed by atoms with Crippen LogP contribution >= 0.6 is 0 Å². The molecule has 204 valence electrons. The normalized spacial score (nSPS) is 15.5. The zero-order chi connectivity index (χ0) is 27.8. The lowest BCUT2D eigenvalue weighted by atomic mass is 9.83. The number of carbonyl (C=O) groups excluding carboxylic acids is 1. The molecule has 1 aliphatic heterocycles. The van der Waals surface area contributed by atoms with Crippen LogP contribution in [0.15, 0.2) is 79.0 Å². The summed E-state index contributed by atoms with van der Waals surface area (Å²) in [5.74, 6) is -0.0713. The molecule has 1 saturated heterocycles. The molecule has 1 N–H and O–H groups in total. The first kappa shape index (κ1) is 26.9. The van der Waals surface area contributed by atoms with E-state index in [0.29, 0.717) is 38.3 Å². The van der Waals surface area contributed by atoms with Gasteiger partial charge in [0.15, 0.2) is 0 Å². The number of benzene rings is 3. The largest absolute Gasteiger partial charge is 0.416 e. The van der Waals surface area contributed by atoms with Gasteiger partial charge in [0.25, 0.3) is 0 Å². The SMILES string of the molecule is CC(C)(C)c1ccc(C(CC(=O)N2CCN(c3cccc(C(F)(F)F)c3)CC2)c2c[nH]c3ccccc23)cc1. The smallest absolute Gasteiger partial charge is 0.368 e. The molecule has 1 aromatic heterocycles. The Morgan fingerprint density at radius 1 is 0.872 bits per heavy atom. The molecule has 1 atom stereocenters. The number of carbonyl (C=O) groups is 1. The molecule has 1 unspecified atom stereocenters. The van der Waals surface area contributed by atoms with Crippen molar-refractivity contribution in [3.63, 3.8) is 0 Å². The number of fused-ring (bicyclic) bond motifs is 1. The molecule has 4 nitrogen and oxygen atoms in total. The molecular weight excluding hydrogens is 499 g/mol. The summed E-state index contributed by atoms with van der Waals surface area (Å²) in [5, 5.41) is 1.10. The van der Waals surface area contributed by atoms with Crippen molar-refractivity contribution in [3.8, 4) is 0 Å². The Labute approximate surface area is 227 Å². The molecule has 1 fully saturated rings. The van der Waals surface area contributed by atoms with Crippen LogP contribution in [-0.2, 0) is 16.4 Å². The van der Waals surface area contributed by atoms with Crippen LogP contribution in [0.5, 0.6) is 0 Å². The van der Waals surface area contributed by atoms with E-state index in [2.05, 4.69) is 56.1 Å². The third-order valence-electron chi connectivity index (χ3n) is 7.73. The summed E-state index contributed by atoms with van der Waals surface area (Å²) in [6.07, 6.45) is -2.05. The number of amides is 1. The molecule has 7 heteroatoms. The lowest BCUT2D eigenvalue weighted by Crippen LogP contribution is -2.49. The number of H-pyrrole nitrogens is 1. The molecule has 1 amide bonds. The number of rotatable bonds is 5. The van der Waals surface area contributed by atoms with Gasteiger partial charge < -0.3 is 14.8 Å². The number of piperazine rings is 1. The van der Waals surface area contributed by atoms with Gasteiger partial charge in [-0.25, -0.2) is 0 Å². The van der Waals surface area contributed by atoms with Gasteiger partial charge in [-0.15, -0.1) is 0 Å². The maximum Gasteiger partial charge on any atom is 0.416 e. The quantitative estimate of drug-likeness (QED) is 0.291. The second-order valence-corrected chi connectivity index (χ2v) is 11.3. The highest BCUT2D eigenvalue weighted by Gasteiger charge is 2.32. The van der Waals surface area contributed by atoms with Gasteiger partial charge in [-0.1, -0.05) is 69.3 Å². The van der Waals surface area contributed by atoms with Crippen LogP contribution in [0.25, 0.3) is 10.9 Å². The van der Waals surface area contributed by atoms with E-state index >= 15 is 0 Å². The van der Waals surface area contributed by atoms with Crippen molar-refractivity contribution in [3.05, 3.63) is 101 Å². The van der Waals surface area contributed by atoms with Gasteiger partial charge in [0.05, 0.1) is 5.56 Å². The fraction of sp³-hybridized carbons (Fsp3) is 0.344. The molecule has 0 saturated carbocycles. The highest BCUT2D eigenvalue weighted by atomic mass is 19.4. The van der Waals surface area contributed by atoms with Crippen LogP contribution in [0.1, 0.15) is 55.4 Å². The number of aromatic amines is 1. The number of nitrogens with zero attached hydrogens (tertiary/aromatic N) is 2. The van der Waals surface area contributed by atoms with E-state index in [1.54, 1.807) is 6.07 Å². The molecule has 5 rings (SSSR count). The van der Waals surface area contributed by atoms with Crippen molar-refractivity contribution >= 4 is 22.5 Å². The van der Waals surface area contributed by atoms with Crippen molar-refractivity contribution in [2.45, 2.75) is 44.7 Å². The Balaban J connectivity index is 1.35. The number of anilines is 1. The average molecular weight is 534 g/mol. The number of aromatic nitrogens is 1. The van der Waals surface area contributed by atoms with Crippen LogP contribution in [0.2, 0.25) is 0 Å². The van der Waals surface area contributed by atoms with E-state index in [9.17, 15) is 18.0 Å². The van der Waals surface area contributed by atoms with Gasteiger partial charge in [0.2, 0.25) is 5.91 Å². The molecule has 39 heavy (non-hydrogen) atoms. The number of hydrogen-bond acceptors (Lipinski definition) is 2. The fourth-order valence-electron chi connectivity index (χ4n) is 5.40. The van der Waals surface area contributed by atoms with Crippen molar-refractivity contribution in [1.29, 1.82) is 0 Å². The Hall–Kier alpha value is -3.74. The topological polar surface area (TPSA) is 39.3 Å². The lowest BCUT2D eigenvalue weighted by Gasteiger charge is -2.37. The number of para-hydroxylation sites is 1. The molecule has 1 aliphatic rings. The van der Waals surface area contributed by atoms with Gasteiger partial charge in [-0.3, -0.25) is 4.79 Å². The number of halogens is 3.